The van der Waals surface area contributed by atoms with Crippen LogP contribution in [0.2, 0.25) is 5.02 Å². The number of nitrogens with zero attached hydrogens (tertiary/aromatic N) is 6. The van der Waals surface area contributed by atoms with Crippen LogP contribution in [0.5, 0.6) is 5.75 Å². The molecule has 0 saturated carbocycles. The number of halogens is 2. The van der Waals surface area contributed by atoms with Crippen LogP contribution in [0.25, 0.3) is 22.2 Å². The second-order valence-electron chi connectivity index (χ2n) is 8.52. The van der Waals surface area contributed by atoms with E-state index >= 15 is 0 Å². The van der Waals surface area contributed by atoms with Gasteiger partial charge in [0, 0.05) is 37.0 Å². The van der Waals surface area contributed by atoms with Gasteiger partial charge in [-0.3, -0.25) is 9.78 Å². The van der Waals surface area contributed by atoms with Crippen molar-refractivity contribution in [2.75, 3.05) is 26.4 Å². The molecular weight excluding hydrogens is 485 g/mol. The number of carbonyl (C=O) groups is 1. The molecule has 1 unspecified atom stereocenters. The highest BCUT2D eigenvalue weighted by Gasteiger charge is 2.26. The van der Waals surface area contributed by atoms with Gasteiger partial charge in [0.2, 0.25) is 0 Å². The molecule has 188 valence electrons. The molecule has 2 N–H and O–H groups in total. The van der Waals surface area contributed by atoms with Crippen LogP contribution >= 0.6 is 11.6 Å². The molecule has 4 aromatic rings. The number of hydrogen-bond acceptors (Lipinski definition) is 7. The minimum absolute atomic E-state index is 0.129. The number of nitrogens with two attached hydrogens (primary N) is 1. The zero-order valence-electron chi connectivity index (χ0n) is 20.7. The van der Waals surface area contributed by atoms with Crippen LogP contribution in [0.4, 0.5) is 10.2 Å². The summed E-state index contributed by atoms with van der Waals surface area (Å²) in [5.41, 5.74) is 9.73. The van der Waals surface area contributed by atoms with E-state index in [0.717, 1.165) is 11.1 Å². The van der Waals surface area contributed by atoms with Gasteiger partial charge in [0.1, 0.15) is 36.0 Å². The topological polar surface area (TPSA) is 112 Å². The van der Waals surface area contributed by atoms with Gasteiger partial charge < -0.3 is 15.4 Å². The lowest BCUT2D eigenvalue weighted by Crippen LogP contribution is -2.26. The molecule has 0 aliphatic rings. The monoisotopic (exact) mass is 511 g/mol. The molecule has 36 heavy (non-hydrogen) atoms. The summed E-state index contributed by atoms with van der Waals surface area (Å²) in [7, 11) is 3.30. The van der Waals surface area contributed by atoms with E-state index in [1.165, 1.54) is 11.2 Å². The number of anilines is 1. The quantitative estimate of drug-likeness (QED) is 0.385. The fourth-order valence-electron chi connectivity index (χ4n) is 4.19. The Hall–Kier alpha value is -3.79. The summed E-state index contributed by atoms with van der Waals surface area (Å²) in [4.78, 5) is 27.4. The van der Waals surface area contributed by atoms with E-state index in [9.17, 15) is 9.18 Å². The van der Waals surface area contributed by atoms with E-state index in [0.29, 0.717) is 39.5 Å². The Bertz CT molecular complexity index is 1450. The van der Waals surface area contributed by atoms with Crippen LogP contribution in [0.3, 0.4) is 0 Å². The van der Waals surface area contributed by atoms with Gasteiger partial charge in [-0.25, -0.2) is 19.0 Å². The molecule has 1 amide bonds. The first kappa shape index (κ1) is 25.3. The lowest BCUT2D eigenvalue weighted by atomic mass is 9.96. The molecule has 11 heteroatoms. The van der Waals surface area contributed by atoms with E-state index in [2.05, 4.69) is 20.1 Å². The van der Waals surface area contributed by atoms with Gasteiger partial charge in [-0.05, 0) is 38.5 Å². The average molecular weight is 512 g/mol. The molecular formula is C25H27ClFN7O2. The molecule has 3 heterocycles. The first-order valence-corrected chi connectivity index (χ1v) is 11.7. The molecule has 0 spiro atoms. The molecule has 0 fully saturated rings. The normalized spacial score (nSPS) is 12.1. The van der Waals surface area contributed by atoms with Gasteiger partial charge in [-0.15, -0.1) is 0 Å². The zero-order chi connectivity index (χ0) is 26.1. The Labute approximate surface area is 213 Å². The summed E-state index contributed by atoms with van der Waals surface area (Å²) in [5, 5.41) is 5.25. The molecule has 0 bridgehead atoms. The number of nitrogen functional groups attached to an aromatic ring is 1. The number of aromatic nitrogens is 5. The van der Waals surface area contributed by atoms with E-state index in [1.807, 2.05) is 32.9 Å². The number of aryl methyl sites for hydroxylation is 1. The SMILES string of the molecule is CCOc1c(Cl)ccc(C)c1-c1cnc(C(=O)N(C)C)c(C(C)n2nc(CF)c3c(N)ncnc32)c1. The van der Waals surface area contributed by atoms with Crippen molar-refractivity contribution in [3.63, 3.8) is 0 Å². The number of pyridine rings is 1. The third kappa shape index (κ3) is 4.32. The molecule has 0 aliphatic carbocycles. The van der Waals surface area contributed by atoms with E-state index < -0.39 is 12.7 Å². The van der Waals surface area contributed by atoms with Crippen molar-refractivity contribution in [3.05, 3.63) is 58.3 Å². The van der Waals surface area contributed by atoms with E-state index in [4.69, 9.17) is 22.1 Å². The fraction of sp³-hybridized carbons (Fsp3) is 0.320. The van der Waals surface area contributed by atoms with Crippen LogP contribution in [0, 0.1) is 6.92 Å². The van der Waals surface area contributed by atoms with Crippen molar-refractivity contribution in [1.82, 2.24) is 29.6 Å². The minimum Gasteiger partial charge on any atom is -0.492 e. The summed E-state index contributed by atoms with van der Waals surface area (Å²) in [5.74, 6) is 0.391. The number of carbonyl (C=O) groups excluding carboxylic acids is 1. The molecule has 4 rings (SSSR count). The van der Waals surface area contributed by atoms with Crippen molar-refractivity contribution in [1.29, 1.82) is 0 Å². The number of ether oxygens (including phenoxy) is 1. The maximum Gasteiger partial charge on any atom is 0.272 e. The van der Waals surface area contributed by atoms with Crippen LogP contribution in [-0.4, -0.2) is 56.2 Å². The number of hydrogen-bond donors (Lipinski definition) is 1. The van der Waals surface area contributed by atoms with Gasteiger partial charge >= 0.3 is 0 Å². The van der Waals surface area contributed by atoms with Gasteiger partial charge in [-0.2, -0.15) is 5.10 Å². The minimum atomic E-state index is -0.838. The van der Waals surface area contributed by atoms with Crippen LogP contribution in [-0.2, 0) is 6.67 Å². The van der Waals surface area contributed by atoms with Gasteiger partial charge in [0.05, 0.1) is 23.1 Å². The molecule has 3 aromatic heterocycles. The summed E-state index contributed by atoms with van der Waals surface area (Å²) < 4.78 is 21.2. The Balaban J connectivity index is 1.98. The molecule has 1 atom stereocenters. The zero-order valence-corrected chi connectivity index (χ0v) is 21.5. The number of benzene rings is 1. The summed E-state index contributed by atoms with van der Waals surface area (Å²) in [6.07, 6.45) is 2.93. The Morgan fingerprint density at radius 1 is 1.28 bits per heavy atom. The summed E-state index contributed by atoms with van der Waals surface area (Å²) >= 11 is 6.47. The first-order chi connectivity index (χ1) is 17.2. The standard InChI is InChI=1S/C25H27ClFN7O2/c1-6-36-22-17(26)8-7-13(2)19(22)15-9-16(21(29-11-15)25(35)33(4)5)14(3)34-24-20(18(10-27)32-34)23(28)30-12-31-24/h7-9,11-12,14H,6,10H2,1-5H3,(H2,28,30,31). The summed E-state index contributed by atoms with van der Waals surface area (Å²) in [6.45, 7) is 5.26. The van der Waals surface area contributed by atoms with Crippen molar-refractivity contribution in [2.24, 2.45) is 0 Å². The smallest absolute Gasteiger partial charge is 0.272 e. The molecule has 0 aliphatic heterocycles. The number of alkyl halides is 1. The van der Waals surface area contributed by atoms with Crippen molar-refractivity contribution < 1.29 is 13.9 Å². The highest BCUT2D eigenvalue weighted by molar-refractivity contribution is 6.32. The van der Waals surface area contributed by atoms with Crippen LogP contribution < -0.4 is 10.5 Å². The second kappa shape index (κ2) is 10.1. The predicted molar refractivity (Wildman–Crippen MR) is 137 cm³/mol. The van der Waals surface area contributed by atoms with Crippen LogP contribution in [0.1, 0.15) is 47.2 Å². The number of amides is 1. The van der Waals surface area contributed by atoms with E-state index in [1.54, 1.807) is 31.0 Å². The third-order valence-corrected chi connectivity index (χ3v) is 6.25. The van der Waals surface area contributed by atoms with Crippen LogP contribution in [0.15, 0.2) is 30.7 Å². The lowest BCUT2D eigenvalue weighted by Gasteiger charge is -2.21. The van der Waals surface area contributed by atoms with Gasteiger partial charge in [-0.1, -0.05) is 17.7 Å². The highest BCUT2D eigenvalue weighted by atomic mass is 35.5. The Kier molecular flexibility index (Phi) is 7.07. The number of rotatable bonds is 7. The van der Waals surface area contributed by atoms with Gasteiger partial charge in [0.15, 0.2) is 5.65 Å². The largest absolute Gasteiger partial charge is 0.492 e. The summed E-state index contributed by atoms with van der Waals surface area (Å²) in [6, 6.07) is 4.99. The first-order valence-electron chi connectivity index (χ1n) is 11.4. The Morgan fingerprint density at radius 2 is 2.03 bits per heavy atom. The average Bonchev–Trinajstić information content (AvgIpc) is 3.25. The van der Waals surface area contributed by atoms with Crippen molar-refractivity contribution in [2.45, 2.75) is 33.5 Å². The lowest BCUT2D eigenvalue weighted by molar-refractivity contribution is 0.0820. The molecule has 1 aromatic carbocycles. The van der Waals surface area contributed by atoms with E-state index in [-0.39, 0.29) is 23.1 Å². The van der Waals surface area contributed by atoms with Crippen molar-refractivity contribution in [3.8, 4) is 16.9 Å². The fourth-order valence-corrected chi connectivity index (χ4v) is 4.40. The molecule has 0 radical (unpaired) electrons. The molecule has 0 saturated heterocycles. The Morgan fingerprint density at radius 3 is 2.69 bits per heavy atom. The number of fused-ring (bicyclic) bond motifs is 1. The second-order valence-corrected chi connectivity index (χ2v) is 8.93. The maximum absolute atomic E-state index is 13.8. The predicted octanol–water partition coefficient (Wildman–Crippen LogP) is 4.61. The maximum atomic E-state index is 13.8. The third-order valence-electron chi connectivity index (χ3n) is 5.96. The van der Waals surface area contributed by atoms with Gasteiger partial charge in [0.25, 0.3) is 5.91 Å². The van der Waals surface area contributed by atoms with Crippen molar-refractivity contribution >= 4 is 34.4 Å². The highest BCUT2D eigenvalue weighted by Crippen LogP contribution is 2.40. The molecule has 9 nitrogen and oxygen atoms in total.